The van der Waals surface area contributed by atoms with Gasteiger partial charge in [-0.25, -0.2) is 0 Å². The molecule has 3 unspecified atom stereocenters. The summed E-state index contributed by atoms with van der Waals surface area (Å²) in [6, 6.07) is -8.54. The number of halogens is 4. The summed E-state index contributed by atoms with van der Waals surface area (Å²) in [6.07, 6.45) is 7.83. The van der Waals surface area contributed by atoms with E-state index in [0.717, 1.165) is 72.5 Å². The van der Waals surface area contributed by atoms with Crippen LogP contribution in [-0.4, -0.2) is 263 Å². The third kappa shape index (κ3) is 20.1. The van der Waals surface area contributed by atoms with Crippen LogP contribution in [0.1, 0.15) is 201 Å². The Kier molecular flexibility index (Phi) is 29.4. The largest absolute Gasteiger partial charge is 0.393 e. The van der Waals surface area contributed by atoms with E-state index in [9.17, 15) is 41.9 Å². The number of nitrogens with zero attached hydrogens (tertiary/aromatic N) is 9. The van der Waals surface area contributed by atoms with Crippen molar-refractivity contribution in [2.24, 2.45) is 35.5 Å². The van der Waals surface area contributed by atoms with Crippen molar-refractivity contribution in [1.29, 1.82) is 0 Å². The van der Waals surface area contributed by atoms with Crippen molar-refractivity contribution in [3.05, 3.63) is 0 Å². The van der Waals surface area contributed by atoms with Gasteiger partial charge in [-0.05, 0) is 126 Å². The Morgan fingerprint density at radius 2 is 1.18 bits per heavy atom. The predicted molar refractivity (Wildman–Crippen MR) is 370 cm³/mol. The monoisotopic (exact) mass is 1430 g/mol. The molecule has 0 aromatic rings. The number of hydrogen-bond donors (Lipinski definition) is 3. The molecule has 0 aromatic carbocycles. The van der Waals surface area contributed by atoms with Gasteiger partial charge in [-0.1, -0.05) is 98.3 Å². The lowest BCUT2D eigenvalue weighted by Crippen LogP contribution is -2.65. The maximum atomic E-state index is 15.8. The Balaban J connectivity index is 1.27. The molecule has 1 spiro atoms. The minimum absolute atomic E-state index is 0.00299. The van der Waals surface area contributed by atoms with Gasteiger partial charge in [0, 0.05) is 74.3 Å². The van der Waals surface area contributed by atoms with Crippen LogP contribution in [0.15, 0.2) is 0 Å². The average Bonchev–Trinajstić information content (AvgIpc) is 1.50. The van der Waals surface area contributed by atoms with Crippen LogP contribution in [0.25, 0.3) is 0 Å². The number of nitrogens with one attached hydrogen (secondary N) is 3. The second-order valence-corrected chi connectivity index (χ2v) is 31.3. The third-order valence-corrected chi connectivity index (χ3v) is 23.8. The van der Waals surface area contributed by atoms with Gasteiger partial charge in [0.15, 0.2) is 0 Å². The quantitative estimate of drug-likeness (QED) is 0.210. The Morgan fingerprint density at radius 1 is 0.580 bits per heavy atom. The number of amides is 12. The molecule has 7 rings (SSSR count). The molecule has 0 bridgehead atoms. The fourth-order valence-corrected chi connectivity index (χ4v) is 17.4. The molecule has 7 fully saturated rings. The van der Waals surface area contributed by atoms with Crippen LogP contribution >= 0.6 is 11.6 Å². The van der Waals surface area contributed by atoms with Gasteiger partial charge in [0.1, 0.15) is 47.8 Å². The molecule has 4 saturated carbocycles. The number of carbonyl (C=O) groups is 12. The molecule has 7 aliphatic rings. The standard InChI is InChI=1S/C72H116ClF3N12O12/c1-12-46(4)60-68(98)82(7)43-58(91)80(5)44-59(92)83(8)54(40-47-25-16-13-17-26-47)66(96)81(6)42-56(89)77-52(33-31-48-30-32-50(51(73)39-48)72(74,75)76)65(95)88-38-24-29-53(88)63(93)79-71(34-20-21-35-71)70(100)86(11)62(49-27-18-14-19-28-49)69(99)84(9)55(67(97)87-36-22-15-23-37-87)41-57(90)85(10)61(45(2)3)64(94)78-60/h45-55,60-62H,12-44H2,1-11H3,(H,77,89)(H,78,94)(H,79,93)/t46-,48?,50?,51?,52-,53-,54-,55-,60-,61-,62-/m0/s1. The molecule has 28 heteroatoms. The van der Waals surface area contributed by atoms with Crippen LogP contribution in [0.4, 0.5) is 13.2 Å². The lowest BCUT2D eigenvalue weighted by atomic mass is 9.78. The van der Waals surface area contributed by atoms with Gasteiger partial charge in [-0.2, -0.15) is 13.2 Å². The summed E-state index contributed by atoms with van der Waals surface area (Å²) >= 11 is 6.41. The highest BCUT2D eigenvalue weighted by Gasteiger charge is 2.52. The van der Waals surface area contributed by atoms with Crippen molar-refractivity contribution in [3.8, 4) is 0 Å². The van der Waals surface area contributed by atoms with Crippen LogP contribution in [0.3, 0.4) is 0 Å². The van der Waals surface area contributed by atoms with Crippen LogP contribution in [-0.2, 0) is 57.5 Å². The van der Waals surface area contributed by atoms with Crippen molar-refractivity contribution in [3.63, 3.8) is 0 Å². The number of likely N-dealkylation sites (tertiary alicyclic amines) is 1. The molecule has 24 nitrogen and oxygen atoms in total. The van der Waals surface area contributed by atoms with Gasteiger partial charge in [-0.3, -0.25) is 57.5 Å². The predicted octanol–water partition coefficient (Wildman–Crippen LogP) is 6.09. The van der Waals surface area contributed by atoms with E-state index in [1.807, 2.05) is 6.92 Å². The zero-order valence-electron chi connectivity index (χ0n) is 61.4. The summed E-state index contributed by atoms with van der Waals surface area (Å²) in [4.78, 5) is 191. The summed E-state index contributed by atoms with van der Waals surface area (Å²) in [5, 5.41) is 7.62. The fraction of sp³-hybridized carbons (Fsp3) is 0.833. The van der Waals surface area contributed by atoms with Crippen LogP contribution < -0.4 is 16.0 Å². The number of hydrogen-bond acceptors (Lipinski definition) is 12. The summed E-state index contributed by atoms with van der Waals surface area (Å²) in [5.74, 6) is -10.9. The Bertz CT molecular complexity index is 2900. The minimum atomic E-state index is -4.51. The zero-order valence-corrected chi connectivity index (χ0v) is 62.1. The Labute approximate surface area is 595 Å². The van der Waals surface area contributed by atoms with Gasteiger partial charge in [0.2, 0.25) is 70.9 Å². The zero-order chi connectivity index (χ0) is 73.7. The van der Waals surface area contributed by atoms with Gasteiger partial charge >= 0.3 is 6.18 Å². The van der Waals surface area contributed by atoms with Gasteiger partial charge in [0.25, 0.3) is 0 Å². The van der Waals surface area contributed by atoms with Crippen LogP contribution in [0, 0.1) is 35.5 Å². The van der Waals surface area contributed by atoms with Crippen molar-refractivity contribution < 1.29 is 70.7 Å². The first-order valence-electron chi connectivity index (χ1n) is 37.2. The summed E-state index contributed by atoms with van der Waals surface area (Å²) in [5.41, 5.74) is -1.55. The molecule has 4 aliphatic carbocycles. The molecular weight excluding hydrogens is 1320 g/mol. The lowest BCUT2D eigenvalue weighted by molar-refractivity contribution is -0.182. The number of carbonyl (C=O) groups excluding carboxylic acids is 12. The van der Waals surface area contributed by atoms with E-state index in [-0.39, 0.29) is 76.2 Å². The van der Waals surface area contributed by atoms with Crippen molar-refractivity contribution in [1.82, 2.24) is 60.0 Å². The number of rotatable bonds is 10. The molecule has 3 aliphatic heterocycles. The molecule has 100 heavy (non-hydrogen) atoms. The molecule has 0 radical (unpaired) electrons. The van der Waals surface area contributed by atoms with Gasteiger partial charge < -0.3 is 60.0 Å². The Hall–Kier alpha value is -6.28. The maximum absolute atomic E-state index is 15.8. The van der Waals surface area contributed by atoms with Crippen LogP contribution in [0.2, 0.25) is 0 Å². The van der Waals surface area contributed by atoms with E-state index in [1.165, 1.54) is 73.8 Å². The first-order chi connectivity index (χ1) is 47.2. The number of piperidine rings is 1. The highest BCUT2D eigenvalue weighted by molar-refractivity contribution is 6.21. The fourth-order valence-electron chi connectivity index (χ4n) is 16.8. The highest BCUT2D eigenvalue weighted by Crippen LogP contribution is 2.44. The molecule has 564 valence electrons. The molecule has 12 amide bonds. The molecular formula is C72H116ClF3N12O12. The summed E-state index contributed by atoms with van der Waals surface area (Å²) in [6.45, 7) is 6.30. The first kappa shape index (κ1) is 81.0. The van der Waals surface area contributed by atoms with E-state index in [1.54, 1.807) is 25.7 Å². The van der Waals surface area contributed by atoms with Crippen molar-refractivity contribution >= 4 is 82.5 Å². The maximum Gasteiger partial charge on any atom is 0.393 e. The van der Waals surface area contributed by atoms with Gasteiger partial charge in [0.05, 0.1) is 32.0 Å². The Morgan fingerprint density at radius 3 is 1.78 bits per heavy atom. The van der Waals surface area contributed by atoms with E-state index in [0.29, 0.717) is 64.5 Å². The number of likely N-dealkylation sites (N-methyl/N-ethyl adjacent to an activating group) is 7. The van der Waals surface area contributed by atoms with E-state index < -0.39 is 180 Å². The molecule has 11 atom stereocenters. The van der Waals surface area contributed by atoms with E-state index in [2.05, 4.69) is 16.0 Å². The van der Waals surface area contributed by atoms with E-state index >= 15 is 28.8 Å². The number of alkyl halides is 4. The second kappa shape index (κ2) is 36.2. The minimum Gasteiger partial charge on any atom is -0.343 e. The normalized spacial score (nSPS) is 30.1. The SMILES string of the molecule is CC[C@H](C)[C@@H]1NC(=O)[C@H](C(C)C)N(C)C(=O)C[C@@H](C(=O)N2CCCCC2)N(C)C(=O)[C@H](C2CCCCC2)N(C)C(=O)C2(CCCC2)NC(=O)[C@@H]2CCCN2C(=O)[C@H](CCC2CCC(C(F)(F)F)C(Cl)C2)NC(=O)CN(C)C(=O)[C@H](CC2CCCCC2)N(C)C(=O)CN(C)C(=O)CN(C)C1=O. The van der Waals surface area contributed by atoms with E-state index in [4.69, 9.17) is 11.6 Å². The summed E-state index contributed by atoms with van der Waals surface area (Å²) in [7, 11) is 10.1. The van der Waals surface area contributed by atoms with Crippen molar-refractivity contribution in [2.45, 2.75) is 260 Å². The highest BCUT2D eigenvalue weighted by atomic mass is 35.5. The van der Waals surface area contributed by atoms with Gasteiger partial charge in [-0.15, -0.1) is 11.6 Å². The van der Waals surface area contributed by atoms with Crippen molar-refractivity contribution in [2.75, 3.05) is 88.6 Å². The van der Waals surface area contributed by atoms with Crippen LogP contribution in [0.5, 0.6) is 0 Å². The second-order valence-electron chi connectivity index (χ2n) is 30.8. The third-order valence-electron chi connectivity index (χ3n) is 23.3. The first-order valence-corrected chi connectivity index (χ1v) is 37.7. The average molecular weight is 1430 g/mol. The number of fused-ring (bicyclic) bond motifs is 1. The molecule has 3 N–H and O–H groups in total. The molecule has 3 heterocycles. The topological polar surface area (TPSA) is 270 Å². The summed E-state index contributed by atoms with van der Waals surface area (Å²) < 4.78 is 42.0. The molecule has 3 saturated heterocycles. The smallest absolute Gasteiger partial charge is 0.343 e. The molecule has 0 aromatic heterocycles. The lowest BCUT2D eigenvalue weighted by Gasteiger charge is -2.43.